The Morgan fingerprint density at radius 1 is 0.789 bits per heavy atom. The molecule has 0 spiro atoms. The summed E-state index contributed by atoms with van der Waals surface area (Å²) in [7, 11) is 0. The third-order valence-electron chi connectivity index (χ3n) is 3.75. The zero-order valence-corrected chi connectivity index (χ0v) is 10.5. The summed E-state index contributed by atoms with van der Waals surface area (Å²) < 4.78 is 0. The lowest BCUT2D eigenvalue weighted by molar-refractivity contribution is 1.55. The molecular weight excluding hydrogens is 230 g/mol. The van der Waals surface area contributed by atoms with Crippen LogP contribution in [0.5, 0.6) is 0 Å². The number of aliphatic imine (C=N–C) groups is 1. The first kappa shape index (κ1) is 10.5. The molecule has 0 aliphatic carbocycles. The van der Waals surface area contributed by atoms with Crippen LogP contribution in [0.25, 0.3) is 33.8 Å². The molecule has 0 saturated carbocycles. The lowest BCUT2D eigenvalue weighted by Crippen LogP contribution is -2.24. The number of benzene rings is 3. The van der Waals surface area contributed by atoms with E-state index in [2.05, 4.69) is 59.6 Å². The van der Waals surface area contributed by atoms with Crippen molar-refractivity contribution in [1.29, 1.82) is 0 Å². The van der Waals surface area contributed by atoms with Crippen LogP contribution in [0, 0.1) is 0 Å². The standard InChI is InChI=1S/C18H13N/c1-2-6-15-13(4-1)7-10-17-16(15)9-8-14-5-3-11-19-12-18(14)17/h1-2,4-12H,3H2. The molecule has 0 aromatic heterocycles. The van der Waals surface area contributed by atoms with Gasteiger partial charge in [-0.3, -0.25) is 4.99 Å². The quantitative estimate of drug-likeness (QED) is 0.538. The maximum Gasteiger partial charge on any atom is 0.0348 e. The van der Waals surface area contributed by atoms with Crippen molar-refractivity contribution < 1.29 is 0 Å². The Labute approximate surface area is 111 Å². The van der Waals surface area contributed by atoms with Crippen molar-refractivity contribution in [2.45, 2.75) is 6.42 Å². The van der Waals surface area contributed by atoms with E-state index in [0.717, 1.165) is 6.42 Å². The van der Waals surface area contributed by atoms with Gasteiger partial charge in [0.25, 0.3) is 0 Å². The van der Waals surface area contributed by atoms with Crippen molar-refractivity contribution in [3.8, 4) is 0 Å². The molecule has 3 aromatic rings. The highest BCUT2D eigenvalue weighted by Gasteiger charge is 2.02. The van der Waals surface area contributed by atoms with Crippen molar-refractivity contribution >= 4 is 40.0 Å². The minimum atomic E-state index is 0.905. The molecule has 0 fully saturated rings. The van der Waals surface area contributed by atoms with Gasteiger partial charge in [0.1, 0.15) is 0 Å². The van der Waals surface area contributed by atoms with Crippen LogP contribution < -0.4 is 10.4 Å². The number of fused-ring (bicyclic) bond motifs is 5. The minimum absolute atomic E-state index is 0.905. The van der Waals surface area contributed by atoms with Gasteiger partial charge in [-0.1, -0.05) is 54.6 Å². The molecule has 1 heterocycles. The summed E-state index contributed by atoms with van der Waals surface area (Å²) >= 11 is 0. The van der Waals surface area contributed by atoms with E-state index < -0.39 is 0 Å². The molecule has 0 amide bonds. The highest BCUT2D eigenvalue weighted by atomic mass is 14.7. The van der Waals surface area contributed by atoms with Crippen LogP contribution >= 0.6 is 0 Å². The zero-order chi connectivity index (χ0) is 12.7. The molecule has 3 aromatic carbocycles. The second-order valence-electron chi connectivity index (χ2n) is 4.85. The average Bonchev–Trinajstić information content (AvgIpc) is 2.72. The second kappa shape index (κ2) is 4.06. The highest BCUT2D eigenvalue weighted by Crippen LogP contribution is 2.22. The average molecular weight is 243 g/mol. The van der Waals surface area contributed by atoms with Crippen LogP contribution in [0.2, 0.25) is 0 Å². The summed E-state index contributed by atoms with van der Waals surface area (Å²) in [6.45, 7) is 0. The van der Waals surface area contributed by atoms with Crippen molar-refractivity contribution in [1.82, 2.24) is 0 Å². The Kier molecular flexibility index (Phi) is 2.25. The largest absolute Gasteiger partial charge is 0.268 e. The Morgan fingerprint density at radius 2 is 1.68 bits per heavy atom. The maximum absolute atomic E-state index is 4.36. The van der Waals surface area contributed by atoms with Crippen molar-refractivity contribution in [2.24, 2.45) is 4.99 Å². The molecule has 1 aliphatic rings. The van der Waals surface area contributed by atoms with Gasteiger partial charge in [-0.05, 0) is 26.8 Å². The summed E-state index contributed by atoms with van der Waals surface area (Å²) in [6.07, 6.45) is 7.07. The molecule has 1 nitrogen and oxygen atoms in total. The van der Waals surface area contributed by atoms with Crippen LogP contribution in [-0.4, -0.2) is 6.21 Å². The van der Waals surface area contributed by atoms with Crippen LogP contribution in [0.1, 0.15) is 6.42 Å². The Hall–Kier alpha value is -2.41. The molecule has 0 N–H and O–H groups in total. The van der Waals surface area contributed by atoms with Gasteiger partial charge in [-0.15, -0.1) is 0 Å². The predicted octanol–water partition coefficient (Wildman–Crippen LogP) is 2.99. The van der Waals surface area contributed by atoms with Gasteiger partial charge in [0, 0.05) is 24.1 Å². The molecule has 0 saturated heterocycles. The molecular formula is C18H13N. The van der Waals surface area contributed by atoms with Crippen LogP contribution in [0.15, 0.2) is 53.5 Å². The Bertz CT molecular complexity index is 933. The second-order valence-corrected chi connectivity index (χ2v) is 4.85. The predicted molar refractivity (Wildman–Crippen MR) is 82.7 cm³/mol. The Morgan fingerprint density at radius 3 is 2.68 bits per heavy atom. The first-order valence-electron chi connectivity index (χ1n) is 6.56. The first-order valence-corrected chi connectivity index (χ1v) is 6.56. The first-order chi connectivity index (χ1) is 9.43. The van der Waals surface area contributed by atoms with E-state index in [1.165, 1.54) is 32.0 Å². The van der Waals surface area contributed by atoms with E-state index in [1.54, 1.807) is 0 Å². The summed E-state index contributed by atoms with van der Waals surface area (Å²) in [4.78, 5) is 4.36. The molecule has 0 bridgehead atoms. The lowest BCUT2D eigenvalue weighted by Gasteiger charge is -2.04. The molecule has 1 aliphatic heterocycles. The van der Waals surface area contributed by atoms with Crippen molar-refractivity contribution in [3.63, 3.8) is 0 Å². The maximum atomic E-state index is 4.36. The van der Waals surface area contributed by atoms with Gasteiger partial charge >= 0.3 is 0 Å². The van der Waals surface area contributed by atoms with Gasteiger partial charge in [0.15, 0.2) is 0 Å². The number of rotatable bonds is 0. The Balaban J connectivity index is 2.29. The van der Waals surface area contributed by atoms with E-state index in [9.17, 15) is 0 Å². The highest BCUT2D eigenvalue weighted by molar-refractivity contribution is 6.07. The minimum Gasteiger partial charge on any atom is -0.268 e. The molecule has 4 rings (SSSR count). The summed E-state index contributed by atoms with van der Waals surface area (Å²) in [5, 5.41) is 7.70. The smallest absolute Gasteiger partial charge is 0.0348 e. The van der Waals surface area contributed by atoms with E-state index >= 15 is 0 Å². The number of hydrogen-bond acceptors (Lipinski definition) is 1. The van der Waals surface area contributed by atoms with Crippen LogP contribution in [0.4, 0.5) is 0 Å². The molecule has 0 radical (unpaired) electrons. The van der Waals surface area contributed by atoms with Gasteiger partial charge in [-0.25, -0.2) is 0 Å². The molecule has 0 atom stereocenters. The van der Waals surface area contributed by atoms with Crippen LogP contribution in [0.3, 0.4) is 0 Å². The van der Waals surface area contributed by atoms with Gasteiger partial charge in [0.2, 0.25) is 0 Å². The van der Waals surface area contributed by atoms with E-state index in [1.807, 2.05) is 12.4 Å². The monoisotopic (exact) mass is 243 g/mol. The summed E-state index contributed by atoms with van der Waals surface area (Å²) in [6, 6.07) is 17.4. The molecule has 90 valence electrons. The van der Waals surface area contributed by atoms with E-state index in [4.69, 9.17) is 0 Å². The van der Waals surface area contributed by atoms with Crippen molar-refractivity contribution in [3.05, 3.63) is 59.0 Å². The number of nitrogens with zero attached hydrogens (tertiary/aromatic N) is 1. The fourth-order valence-electron chi connectivity index (χ4n) is 2.82. The fraction of sp³-hybridized carbons (Fsp3) is 0.0556. The van der Waals surface area contributed by atoms with Gasteiger partial charge in [0.05, 0.1) is 0 Å². The zero-order valence-electron chi connectivity index (χ0n) is 10.5. The van der Waals surface area contributed by atoms with Gasteiger partial charge in [-0.2, -0.15) is 0 Å². The fourth-order valence-corrected chi connectivity index (χ4v) is 2.82. The van der Waals surface area contributed by atoms with E-state index in [0.29, 0.717) is 0 Å². The summed E-state index contributed by atoms with van der Waals surface area (Å²) in [5.74, 6) is 0. The molecule has 1 heteroatoms. The SMILES string of the molecule is C1=NC=c2c(ccc3c2ccc2ccccc23)=CC1. The normalized spacial score (nSPS) is 13.7. The topological polar surface area (TPSA) is 12.4 Å². The summed E-state index contributed by atoms with van der Waals surface area (Å²) in [5.41, 5.74) is 0. The molecule has 19 heavy (non-hydrogen) atoms. The van der Waals surface area contributed by atoms with Gasteiger partial charge < -0.3 is 0 Å². The third-order valence-corrected chi connectivity index (χ3v) is 3.75. The van der Waals surface area contributed by atoms with Crippen molar-refractivity contribution in [2.75, 3.05) is 0 Å². The molecule has 0 unspecified atom stereocenters. The third kappa shape index (κ3) is 1.59. The lowest BCUT2D eigenvalue weighted by atomic mass is 10.00. The number of hydrogen-bond donors (Lipinski definition) is 0. The van der Waals surface area contributed by atoms with E-state index in [-0.39, 0.29) is 0 Å². The van der Waals surface area contributed by atoms with Crippen LogP contribution in [-0.2, 0) is 0 Å².